The lowest BCUT2D eigenvalue weighted by atomic mass is 10.1. The first-order valence-electron chi connectivity index (χ1n) is 10.5. The molecule has 1 aliphatic heterocycles. The van der Waals surface area contributed by atoms with Crippen LogP contribution in [0.5, 0.6) is 0 Å². The van der Waals surface area contributed by atoms with E-state index < -0.39 is 6.04 Å². The summed E-state index contributed by atoms with van der Waals surface area (Å²) in [5.74, 6) is 0.402. The van der Waals surface area contributed by atoms with Crippen molar-refractivity contribution in [1.29, 1.82) is 0 Å². The number of nitrogens with one attached hydrogen (secondary N) is 2. The number of hydrogen-bond donors (Lipinski definition) is 2. The largest absolute Gasteiger partial charge is 0.385 e. The summed E-state index contributed by atoms with van der Waals surface area (Å²) in [5, 5.41) is 5.83. The summed E-state index contributed by atoms with van der Waals surface area (Å²) in [6.07, 6.45) is 1.12. The number of benzene rings is 2. The van der Waals surface area contributed by atoms with Crippen molar-refractivity contribution >= 4 is 28.9 Å². The molecule has 2 N–H and O–H groups in total. The third-order valence-electron chi connectivity index (χ3n) is 5.39. The van der Waals surface area contributed by atoms with Gasteiger partial charge in [0.2, 0.25) is 11.9 Å². The number of amides is 3. The van der Waals surface area contributed by atoms with E-state index in [9.17, 15) is 9.59 Å². The molecular formula is C23H27N5O3. The molecule has 4 rings (SSSR count). The summed E-state index contributed by atoms with van der Waals surface area (Å²) in [6.45, 7) is 2.26. The molecule has 8 nitrogen and oxygen atoms in total. The van der Waals surface area contributed by atoms with Crippen LogP contribution >= 0.6 is 0 Å². The van der Waals surface area contributed by atoms with E-state index in [4.69, 9.17) is 4.74 Å². The molecule has 2 heterocycles. The number of nitrogens with zero attached hydrogens (tertiary/aromatic N) is 3. The first kappa shape index (κ1) is 20.9. The minimum Gasteiger partial charge on any atom is -0.385 e. The SMILES string of the molecule is COCCCNC(=O)[C@H](Cc1ccccc1)NC(=O)N1CCn2c1nc1ccccc12. The van der Waals surface area contributed by atoms with E-state index >= 15 is 0 Å². The van der Waals surface area contributed by atoms with Gasteiger partial charge in [0.1, 0.15) is 6.04 Å². The molecule has 0 saturated carbocycles. The van der Waals surface area contributed by atoms with Crippen molar-refractivity contribution in [2.75, 3.05) is 31.7 Å². The van der Waals surface area contributed by atoms with Crippen LogP contribution in [0.3, 0.4) is 0 Å². The minimum absolute atomic E-state index is 0.207. The summed E-state index contributed by atoms with van der Waals surface area (Å²) < 4.78 is 7.07. The number of imidazole rings is 1. The molecule has 0 saturated heterocycles. The highest BCUT2D eigenvalue weighted by molar-refractivity contribution is 5.96. The van der Waals surface area contributed by atoms with Crippen LogP contribution in [0.4, 0.5) is 10.7 Å². The quantitative estimate of drug-likeness (QED) is 0.547. The molecule has 3 aromatic rings. The van der Waals surface area contributed by atoms with Crippen LogP contribution in [0.25, 0.3) is 11.0 Å². The Kier molecular flexibility index (Phi) is 6.47. The lowest BCUT2D eigenvalue weighted by molar-refractivity contribution is -0.122. The second-order valence-corrected chi connectivity index (χ2v) is 7.53. The fourth-order valence-electron chi connectivity index (χ4n) is 3.82. The molecule has 162 valence electrons. The summed E-state index contributed by atoms with van der Waals surface area (Å²) in [4.78, 5) is 32.2. The molecule has 1 atom stereocenters. The fourth-order valence-corrected chi connectivity index (χ4v) is 3.82. The van der Waals surface area contributed by atoms with E-state index in [1.807, 2.05) is 59.2 Å². The highest BCUT2D eigenvalue weighted by Gasteiger charge is 2.31. The molecule has 8 heteroatoms. The zero-order chi connectivity index (χ0) is 21.6. The number of carbonyl (C=O) groups excluding carboxylic acids is 2. The maximum Gasteiger partial charge on any atom is 0.324 e. The van der Waals surface area contributed by atoms with E-state index in [1.54, 1.807) is 12.0 Å². The Labute approximate surface area is 181 Å². The standard InChI is InChI=1S/C23H27N5O3/c1-31-15-7-12-24-21(29)19(16-17-8-3-2-4-9-17)26-23(30)28-14-13-27-20-11-6-5-10-18(20)25-22(27)28/h2-6,8-11,19H,7,12-16H2,1H3,(H,24,29)(H,26,30)/t19-/m0/s1. The third kappa shape index (κ3) is 4.69. The molecule has 3 amide bonds. The maximum atomic E-state index is 13.1. The first-order chi connectivity index (χ1) is 15.2. The number of methoxy groups -OCH3 is 1. The molecule has 2 aromatic carbocycles. The summed E-state index contributed by atoms with van der Waals surface area (Å²) in [7, 11) is 1.63. The number of hydrogen-bond acceptors (Lipinski definition) is 4. The van der Waals surface area contributed by atoms with Crippen LogP contribution in [0.1, 0.15) is 12.0 Å². The van der Waals surface area contributed by atoms with Gasteiger partial charge in [-0.3, -0.25) is 9.69 Å². The number of aromatic nitrogens is 2. The zero-order valence-electron chi connectivity index (χ0n) is 17.6. The van der Waals surface area contributed by atoms with Crippen LogP contribution in [0, 0.1) is 0 Å². The molecule has 0 unspecified atom stereocenters. The van der Waals surface area contributed by atoms with Crippen LogP contribution < -0.4 is 15.5 Å². The number of rotatable bonds is 8. The molecule has 0 spiro atoms. The first-order valence-corrected chi connectivity index (χ1v) is 10.5. The molecule has 31 heavy (non-hydrogen) atoms. The minimum atomic E-state index is -0.684. The van der Waals surface area contributed by atoms with Crippen molar-refractivity contribution in [3.05, 3.63) is 60.2 Å². The zero-order valence-corrected chi connectivity index (χ0v) is 17.6. The average Bonchev–Trinajstić information content (AvgIpc) is 3.36. The van der Waals surface area contributed by atoms with Crippen molar-refractivity contribution < 1.29 is 14.3 Å². The summed E-state index contributed by atoms with van der Waals surface area (Å²) in [5.41, 5.74) is 2.84. The number of ether oxygens (including phenoxy) is 1. The number of para-hydroxylation sites is 2. The van der Waals surface area contributed by atoms with E-state index in [-0.39, 0.29) is 11.9 Å². The topological polar surface area (TPSA) is 88.5 Å². The normalized spacial score (nSPS) is 13.8. The van der Waals surface area contributed by atoms with Crippen molar-refractivity contribution in [2.45, 2.75) is 25.4 Å². The highest BCUT2D eigenvalue weighted by Crippen LogP contribution is 2.27. The van der Waals surface area contributed by atoms with Gasteiger partial charge < -0.3 is 19.9 Å². The van der Waals surface area contributed by atoms with Gasteiger partial charge in [-0.05, 0) is 24.1 Å². The van der Waals surface area contributed by atoms with Crippen molar-refractivity contribution in [2.24, 2.45) is 0 Å². The average molecular weight is 422 g/mol. The molecule has 1 aliphatic rings. The van der Waals surface area contributed by atoms with Crippen LogP contribution in [0.2, 0.25) is 0 Å². The predicted molar refractivity (Wildman–Crippen MR) is 119 cm³/mol. The van der Waals surface area contributed by atoms with E-state index in [2.05, 4.69) is 15.6 Å². The van der Waals surface area contributed by atoms with Gasteiger partial charge in [-0.1, -0.05) is 42.5 Å². The third-order valence-corrected chi connectivity index (χ3v) is 5.39. The lowest BCUT2D eigenvalue weighted by Gasteiger charge is -2.22. The summed E-state index contributed by atoms with van der Waals surface area (Å²) in [6, 6.07) is 16.5. The molecule has 0 fully saturated rings. The van der Waals surface area contributed by atoms with Crippen molar-refractivity contribution in [3.8, 4) is 0 Å². The van der Waals surface area contributed by atoms with Crippen molar-refractivity contribution in [1.82, 2.24) is 20.2 Å². The molecule has 1 aromatic heterocycles. The van der Waals surface area contributed by atoms with Crippen molar-refractivity contribution in [3.63, 3.8) is 0 Å². The highest BCUT2D eigenvalue weighted by atomic mass is 16.5. The Balaban J connectivity index is 1.48. The predicted octanol–water partition coefficient (Wildman–Crippen LogP) is 2.33. The van der Waals surface area contributed by atoms with E-state index in [1.165, 1.54) is 0 Å². The Bertz CT molecular complexity index is 1050. The van der Waals surface area contributed by atoms with Crippen LogP contribution in [-0.4, -0.2) is 54.3 Å². The number of anilines is 1. The van der Waals surface area contributed by atoms with Gasteiger partial charge in [0, 0.05) is 39.8 Å². The molecular weight excluding hydrogens is 394 g/mol. The van der Waals surface area contributed by atoms with E-state index in [0.717, 1.165) is 16.6 Å². The van der Waals surface area contributed by atoms with E-state index in [0.29, 0.717) is 45.0 Å². The van der Waals surface area contributed by atoms with Gasteiger partial charge in [-0.2, -0.15) is 0 Å². The van der Waals surface area contributed by atoms with Gasteiger partial charge in [-0.15, -0.1) is 0 Å². The smallest absolute Gasteiger partial charge is 0.324 e. The Morgan fingerprint density at radius 2 is 1.87 bits per heavy atom. The van der Waals surface area contributed by atoms with Gasteiger partial charge in [-0.25, -0.2) is 9.78 Å². The van der Waals surface area contributed by atoms with Gasteiger partial charge in [0.15, 0.2) is 0 Å². The van der Waals surface area contributed by atoms with Crippen LogP contribution in [-0.2, 0) is 22.5 Å². The van der Waals surface area contributed by atoms with Gasteiger partial charge >= 0.3 is 6.03 Å². The summed E-state index contributed by atoms with van der Waals surface area (Å²) >= 11 is 0. The Hall–Kier alpha value is -3.39. The second kappa shape index (κ2) is 9.61. The maximum absolute atomic E-state index is 13.1. The monoisotopic (exact) mass is 421 g/mol. The fraction of sp³-hybridized carbons (Fsp3) is 0.348. The van der Waals surface area contributed by atoms with Crippen LogP contribution in [0.15, 0.2) is 54.6 Å². The number of carbonyl (C=O) groups is 2. The Morgan fingerprint density at radius 3 is 2.68 bits per heavy atom. The second-order valence-electron chi connectivity index (χ2n) is 7.53. The lowest BCUT2D eigenvalue weighted by Crippen LogP contribution is -2.52. The van der Waals surface area contributed by atoms with Gasteiger partial charge in [0.25, 0.3) is 0 Å². The number of urea groups is 1. The molecule has 0 radical (unpaired) electrons. The Morgan fingerprint density at radius 1 is 1.10 bits per heavy atom. The molecule has 0 aliphatic carbocycles. The van der Waals surface area contributed by atoms with Gasteiger partial charge in [0.05, 0.1) is 11.0 Å². The molecule has 0 bridgehead atoms. The number of fused-ring (bicyclic) bond motifs is 3.